The Balaban J connectivity index is 0.000000186. The fourth-order valence-electron chi connectivity index (χ4n) is 3.12. The summed E-state index contributed by atoms with van der Waals surface area (Å²) < 4.78 is 0. The number of carbonyl (C=O) groups excluding carboxylic acids is 2. The van der Waals surface area contributed by atoms with Gasteiger partial charge in [0.15, 0.2) is 0 Å². The van der Waals surface area contributed by atoms with Gasteiger partial charge in [0, 0.05) is 24.7 Å². The molecule has 0 spiro atoms. The summed E-state index contributed by atoms with van der Waals surface area (Å²) in [6.45, 7) is 2.47. The Labute approximate surface area is 190 Å². The highest BCUT2D eigenvalue weighted by atomic mass is 35.5. The zero-order valence-electron chi connectivity index (χ0n) is 17.6. The van der Waals surface area contributed by atoms with Gasteiger partial charge in [0.25, 0.3) is 0 Å². The first-order chi connectivity index (χ1) is 15.5. The highest BCUT2D eigenvalue weighted by Gasteiger charge is 2.11. The van der Waals surface area contributed by atoms with Gasteiger partial charge in [-0.15, -0.1) is 0 Å². The number of carbonyl (C=O) groups is 2. The van der Waals surface area contributed by atoms with Crippen molar-refractivity contribution in [2.45, 2.75) is 26.3 Å². The number of fused-ring (bicyclic) bond motifs is 1. The maximum absolute atomic E-state index is 11.1. The van der Waals surface area contributed by atoms with Gasteiger partial charge in [0.1, 0.15) is 5.82 Å². The summed E-state index contributed by atoms with van der Waals surface area (Å²) in [6, 6.07) is 5.68. The van der Waals surface area contributed by atoms with E-state index in [4.69, 9.17) is 17.3 Å². The molecule has 0 fully saturated rings. The number of halogens is 1. The van der Waals surface area contributed by atoms with Gasteiger partial charge in [-0.2, -0.15) is 5.10 Å². The molecular weight excluding hydrogens is 430 g/mol. The molecule has 3 aromatic heterocycles. The Kier molecular flexibility index (Phi) is 7.93. The van der Waals surface area contributed by atoms with Crippen molar-refractivity contribution in [3.05, 3.63) is 65.2 Å². The number of amides is 2. The van der Waals surface area contributed by atoms with Gasteiger partial charge < -0.3 is 16.0 Å². The zero-order valence-corrected chi connectivity index (χ0v) is 18.3. The first kappa shape index (κ1) is 23.0. The van der Waals surface area contributed by atoms with Gasteiger partial charge in [-0.25, -0.2) is 4.98 Å². The van der Waals surface area contributed by atoms with Gasteiger partial charge in [-0.3, -0.25) is 19.7 Å². The number of pyridine rings is 2. The second-order valence-electron chi connectivity index (χ2n) is 7.09. The van der Waals surface area contributed by atoms with Crippen LogP contribution >= 0.6 is 11.6 Å². The molecule has 32 heavy (non-hydrogen) atoms. The lowest BCUT2D eigenvalue weighted by atomic mass is 10.1. The fourth-order valence-corrected chi connectivity index (χ4v) is 3.37. The number of hydrogen-bond acceptors (Lipinski definition) is 6. The van der Waals surface area contributed by atoms with Crippen molar-refractivity contribution in [2.24, 2.45) is 0 Å². The number of nitrogen functional groups attached to an aromatic ring is 1. The molecule has 3 heterocycles. The molecule has 10 heteroatoms. The molecule has 3 aromatic rings. The number of aromatic nitrogens is 4. The van der Waals surface area contributed by atoms with E-state index in [1.807, 2.05) is 24.3 Å². The highest BCUT2D eigenvalue weighted by Crippen LogP contribution is 2.24. The third kappa shape index (κ3) is 6.14. The molecule has 0 unspecified atom stereocenters. The van der Waals surface area contributed by atoms with E-state index in [0.29, 0.717) is 35.5 Å². The number of aromatic amines is 1. The Hall–Kier alpha value is -3.72. The molecule has 0 saturated carbocycles. The fraction of sp³-hybridized carbons (Fsp3) is 0.227. The van der Waals surface area contributed by atoms with Crippen molar-refractivity contribution in [3.63, 3.8) is 0 Å². The van der Waals surface area contributed by atoms with Crippen LogP contribution in [0.1, 0.15) is 25.5 Å². The standard InChI is InChI=1S/C14H15ClN2O.C8H9N5O/c15-14-7-2-1-5-12(14)9-17(11-18)10-13-6-3-4-8-16-13;1-4(14)12-6-3-10-8(9)5-2-11-13-7(5)6/h3-8,11H,1-2,9-10H2;2-3H,1H3,(H2,9,10)(H,11,13)(H,12,14). The molecule has 1 aliphatic carbocycles. The predicted molar refractivity (Wildman–Crippen MR) is 125 cm³/mol. The zero-order chi connectivity index (χ0) is 22.9. The Morgan fingerprint density at radius 1 is 1.25 bits per heavy atom. The highest BCUT2D eigenvalue weighted by molar-refractivity contribution is 6.32. The number of H-pyrrole nitrogens is 1. The average molecular weight is 454 g/mol. The number of hydrogen-bond donors (Lipinski definition) is 3. The van der Waals surface area contributed by atoms with Gasteiger partial charge in [0.2, 0.25) is 12.3 Å². The first-order valence-electron chi connectivity index (χ1n) is 9.97. The molecule has 0 radical (unpaired) electrons. The summed E-state index contributed by atoms with van der Waals surface area (Å²) in [5.41, 5.74) is 8.78. The number of rotatable bonds is 6. The van der Waals surface area contributed by atoms with E-state index in [-0.39, 0.29) is 5.91 Å². The lowest BCUT2D eigenvalue weighted by molar-refractivity contribution is -0.118. The molecule has 0 aliphatic heterocycles. The number of allylic oxidation sites excluding steroid dienone is 2. The summed E-state index contributed by atoms with van der Waals surface area (Å²) in [4.78, 5) is 31.8. The molecule has 0 aromatic carbocycles. The van der Waals surface area contributed by atoms with E-state index >= 15 is 0 Å². The summed E-state index contributed by atoms with van der Waals surface area (Å²) in [5, 5.41) is 10.7. The predicted octanol–water partition coefficient (Wildman–Crippen LogP) is 3.38. The van der Waals surface area contributed by atoms with Crippen LogP contribution in [0.5, 0.6) is 0 Å². The van der Waals surface area contributed by atoms with E-state index < -0.39 is 0 Å². The van der Waals surface area contributed by atoms with Gasteiger partial charge in [-0.1, -0.05) is 29.8 Å². The van der Waals surface area contributed by atoms with Crippen molar-refractivity contribution in [2.75, 3.05) is 17.6 Å². The molecule has 4 N–H and O–H groups in total. The monoisotopic (exact) mass is 453 g/mol. The van der Waals surface area contributed by atoms with Gasteiger partial charge in [-0.05, 0) is 30.5 Å². The molecule has 166 valence electrons. The maximum Gasteiger partial charge on any atom is 0.221 e. The molecule has 0 saturated heterocycles. The van der Waals surface area contributed by atoms with E-state index in [9.17, 15) is 9.59 Å². The van der Waals surface area contributed by atoms with Crippen LogP contribution in [-0.2, 0) is 16.1 Å². The minimum atomic E-state index is -0.160. The summed E-state index contributed by atoms with van der Waals surface area (Å²) >= 11 is 6.12. The van der Waals surface area contributed by atoms with Gasteiger partial charge in [0.05, 0.1) is 41.2 Å². The quantitative estimate of drug-likeness (QED) is 0.490. The summed E-state index contributed by atoms with van der Waals surface area (Å²) in [5.74, 6) is 0.232. The lowest BCUT2D eigenvalue weighted by Crippen LogP contribution is -2.25. The van der Waals surface area contributed by atoms with Crippen LogP contribution in [0.3, 0.4) is 0 Å². The van der Waals surface area contributed by atoms with E-state index in [0.717, 1.165) is 35.6 Å². The van der Waals surface area contributed by atoms with Crippen LogP contribution < -0.4 is 11.1 Å². The molecule has 0 bridgehead atoms. The van der Waals surface area contributed by atoms with E-state index in [1.54, 1.807) is 17.3 Å². The second-order valence-corrected chi connectivity index (χ2v) is 7.49. The Morgan fingerprint density at radius 3 is 2.75 bits per heavy atom. The van der Waals surface area contributed by atoms with Crippen LogP contribution in [-0.4, -0.2) is 43.9 Å². The lowest BCUT2D eigenvalue weighted by Gasteiger charge is -2.20. The van der Waals surface area contributed by atoms with Gasteiger partial charge >= 0.3 is 0 Å². The average Bonchev–Trinajstić information content (AvgIpc) is 3.29. The molecule has 9 nitrogen and oxygen atoms in total. The third-order valence-electron chi connectivity index (χ3n) is 4.63. The first-order valence-corrected chi connectivity index (χ1v) is 10.3. The Bertz CT molecular complexity index is 1140. The number of nitrogens with one attached hydrogen (secondary N) is 2. The molecular formula is C22H24ClN7O2. The van der Waals surface area contributed by atoms with Crippen molar-refractivity contribution < 1.29 is 9.59 Å². The Morgan fingerprint density at radius 2 is 2.06 bits per heavy atom. The molecule has 1 aliphatic rings. The molecule has 2 amide bonds. The minimum Gasteiger partial charge on any atom is -0.383 e. The summed E-state index contributed by atoms with van der Waals surface area (Å²) in [6.07, 6.45) is 11.7. The number of anilines is 2. The second kappa shape index (κ2) is 11.1. The van der Waals surface area contributed by atoms with Crippen molar-refractivity contribution in [1.29, 1.82) is 0 Å². The maximum atomic E-state index is 11.1. The van der Waals surface area contributed by atoms with E-state index in [2.05, 4.69) is 31.6 Å². The van der Waals surface area contributed by atoms with Crippen molar-refractivity contribution in [3.8, 4) is 0 Å². The SMILES string of the molecule is CC(=O)Nc1cnc(N)c2cn[nH]c12.O=CN(CC1=CCCC=C1Cl)Cc1ccccn1. The number of nitrogens with two attached hydrogens (primary N) is 1. The van der Waals surface area contributed by atoms with Crippen LogP contribution in [0.25, 0.3) is 10.9 Å². The summed E-state index contributed by atoms with van der Waals surface area (Å²) in [7, 11) is 0. The van der Waals surface area contributed by atoms with Crippen LogP contribution in [0.15, 0.2) is 59.5 Å². The van der Waals surface area contributed by atoms with Crippen molar-refractivity contribution >= 4 is 46.3 Å². The molecule has 4 rings (SSSR count). The van der Waals surface area contributed by atoms with Crippen LogP contribution in [0.2, 0.25) is 0 Å². The topological polar surface area (TPSA) is 130 Å². The molecule has 0 atom stereocenters. The third-order valence-corrected chi connectivity index (χ3v) is 5.03. The normalized spacial score (nSPS) is 12.8. The smallest absolute Gasteiger partial charge is 0.221 e. The van der Waals surface area contributed by atoms with Crippen LogP contribution in [0.4, 0.5) is 11.5 Å². The largest absolute Gasteiger partial charge is 0.383 e. The number of nitrogens with zero attached hydrogens (tertiary/aromatic N) is 4. The van der Waals surface area contributed by atoms with E-state index in [1.165, 1.54) is 13.1 Å². The minimum absolute atomic E-state index is 0.160. The van der Waals surface area contributed by atoms with Crippen molar-refractivity contribution in [1.82, 2.24) is 25.1 Å². The van der Waals surface area contributed by atoms with Crippen LogP contribution in [0, 0.1) is 0 Å².